The Kier molecular flexibility index (Phi) is 3.88. The number of amides is 1. The maximum absolute atomic E-state index is 11.4. The average Bonchev–Trinajstić information content (AvgIpc) is 2.00. The molecule has 0 bridgehead atoms. The van der Waals surface area contributed by atoms with Crippen LogP contribution < -0.4 is 0 Å². The van der Waals surface area contributed by atoms with E-state index < -0.39 is 12.6 Å². The summed E-state index contributed by atoms with van der Waals surface area (Å²) in [6.45, 7) is -0.552. The van der Waals surface area contributed by atoms with Crippen LogP contribution in [0.1, 0.15) is 19.3 Å². The predicted octanol–water partition coefficient (Wildman–Crippen LogP) is 0.0985. The van der Waals surface area contributed by atoms with Crippen LogP contribution in [0.15, 0.2) is 0 Å². The van der Waals surface area contributed by atoms with Gasteiger partial charge in [-0.05, 0) is 19.3 Å². The highest BCUT2D eigenvalue weighted by atomic mass is 16.5. The minimum absolute atomic E-state index is 0.140. The molecule has 14 heavy (non-hydrogen) atoms. The third-order valence-corrected chi connectivity index (χ3v) is 2.47. The zero-order valence-corrected chi connectivity index (χ0v) is 8.23. The number of carboxylic acids is 1. The summed E-state index contributed by atoms with van der Waals surface area (Å²) < 4.78 is 4.71. The molecule has 1 fully saturated rings. The van der Waals surface area contributed by atoms with Crippen molar-refractivity contribution in [1.82, 2.24) is 4.90 Å². The summed E-state index contributed by atoms with van der Waals surface area (Å²) >= 11 is 0. The van der Waals surface area contributed by atoms with Crippen molar-refractivity contribution in [3.8, 4) is 0 Å². The van der Waals surface area contributed by atoms with E-state index in [-0.39, 0.29) is 12.5 Å². The number of hydrogen-bond acceptors (Lipinski definition) is 3. The smallest absolute Gasteiger partial charge is 0.329 e. The molecule has 0 aromatic rings. The van der Waals surface area contributed by atoms with Crippen LogP contribution in [0.3, 0.4) is 0 Å². The second kappa shape index (κ2) is 4.95. The van der Waals surface area contributed by atoms with E-state index in [0.717, 1.165) is 19.3 Å². The first-order chi connectivity index (χ1) is 6.61. The molecule has 1 amide bonds. The van der Waals surface area contributed by atoms with Gasteiger partial charge in [-0.1, -0.05) is 0 Å². The molecule has 0 atom stereocenters. The summed E-state index contributed by atoms with van der Waals surface area (Å²) in [7, 11) is 1.73. The van der Waals surface area contributed by atoms with Gasteiger partial charge in [-0.3, -0.25) is 4.79 Å². The number of carbonyl (C=O) groups is 2. The van der Waals surface area contributed by atoms with Gasteiger partial charge in [0.15, 0.2) is 0 Å². The highest BCUT2D eigenvalue weighted by Gasteiger charge is 2.25. The van der Waals surface area contributed by atoms with Crippen molar-refractivity contribution in [2.75, 3.05) is 20.3 Å². The summed E-state index contributed by atoms with van der Waals surface area (Å²) in [4.78, 5) is 23.1. The van der Waals surface area contributed by atoms with Gasteiger partial charge < -0.3 is 14.7 Å². The molecule has 1 saturated carbocycles. The second-order valence-electron chi connectivity index (χ2n) is 3.48. The fraction of sp³-hybridized carbons (Fsp3) is 0.778. The maximum atomic E-state index is 11.4. The fourth-order valence-electron chi connectivity index (χ4n) is 1.31. The molecule has 0 saturated heterocycles. The first kappa shape index (κ1) is 11.0. The lowest BCUT2D eigenvalue weighted by Gasteiger charge is -2.34. The van der Waals surface area contributed by atoms with E-state index in [2.05, 4.69) is 0 Å². The van der Waals surface area contributed by atoms with Gasteiger partial charge in [-0.25, -0.2) is 4.79 Å². The van der Waals surface area contributed by atoms with Crippen LogP contribution in [0.4, 0.5) is 0 Å². The van der Waals surface area contributed by atoms with Crippen LogP contribution in [-0.2, 0) is 14.3 Å². The molecule has 1 aliphatic rings. The first-order valence-corrected chi connectivity index (χ1v) is 4.66. The highest BCUT2D eigenvalue weighted by Crippen LogP contribution is 2.23. The largest absolute Gasteiger partial charge is 0.480 e. The highest BCUT2D eigenvalue weighted by molar-refractivity contribution is 5.78. The van der Waals surface area contributed by atoms with Crippen molar-refractivity contribution in [2.24, 2.45) is 0 Å². The summed E-state index contributed by atoms with van der Waals surface area (Å²) in [6.07, 6.45) is 3.25. The number of carboxylic acid groups (broad SMARTS) is 1. The number of nitrogens with zero attached hydrogens (tertiary/aromatic N) is 1. The van der Waals surface area contributed by atoms with Crippen molar-refractivity contribution in [1.29, 1.82) is 0 Å². The Bertz CT molecular complexity index is 225. The Morgan fingerprint density at radius 3 is 2.50 bits per heavy atom. The quantitative estimate of drug-likeness (QED) is 0.685. The number of rotatable bonds is 5. The van der Waals surface area contributed by atoms with Crippen LogP contribution in [0.25, 0.3) is 0 Å². The van der Waals surface area contributed by atoms with Gasteiger partial charge in [0.1, 0.15) is 13.2 Å². The van der Waals surface area contributed by atoms with Crippen molar-refractivity contribution in [3.05, 3.63) is 0 Å². The zero-order chi connectivity index (χ0) is 10.6. The molecule has 0 spiro atoms. The van der Waals surface area contributed by atoms with Crippen LogP contribution in [-0.4, -0.2) is 48.2 Å². The summed E-state index contributed by atoms with van der Waals surface area (Å²) in [6, 6.07) is 0.330. The second-order valence-corrected chi connectivity index (χ2v) is 3.48. The Morgan fingerprint density at radius 2 is 2.07 bits per heavy atom. The van der Waals surface area contributed by atoms with Crippen molar-refractivity contribution in [2.45, 2.75) is 25.3 Å². The van der Waals surface area contributed by atoms with Crippen molar-refractivity contribution >= 4 is 11.9 Å². The van der Waals surface area contributed by atoms with Gasteiger partial charge in [0.2, 0.25) is 5.91 Å². The molecule has 0 aromatic heterocycles. The summed E-state index contributed by atoms with van der Waals surface area (Å²) in [5.41, 5.74) is 0. The molecular formula is C9H15NO4. The van der Waals surface area contributed by atoms with E-state index in [9.17, 15) is 9.59 Å². The molecule has 0 heterocycles. The number of aliphatic carboxylic acids is 1. The number of ether oxygens (including phenoxy) is 1. The van der Waals surface area contributed by atoms with E-state index in [1.807, 2.05) is 0 Å². The van der Waals surface area contributed by atoms with E-state index in [0.29, 0.717) is 6.04 Å². The van der Waals surface area contributed by atoms with Gasteiger partial charge in [0.05, 0.1) is 0 Å². The molecule has 5 nitrogen and oxygen atoms in total. The average molecular weight is 201 g/mol. The molecule has 0 aliphatic heterocycles. The van der Waals surface area contributed by atoms with Crippen LogP contribution in [0.5, 0.6) is 0 Å². The lowest BCUT2D eigenvalue weighted by Crippen LogP contribution is -2.43. The standard InChI is InChI=1S/C9H15NO4/c1-10(7-3-2-4-7)8(11)5-14-6-9(12)13/h7H,2-6H2,1H3,(H,12,13). The maximum Gasteiger partial charge on any atom is 0.329 e. The van der Waals surface area contributed by atoms with E-state index in [4.69, 9.17) is 9.84 Å². The Labute approximate surface area is 82.6 Å². The molecule has 0 unspecified atom stereocenters. The summed E-state index contributed by atoms with van der Waals surface area (Å²) in [5.74, 6) is -1.19. The minimum atomic E-state index is -1.05. The Hall–Kier alpha value is -1.10. The topological polar surface area (TPSA) is 66.8 Å². The van der Waals surface area contributed by atoms with Crippen LogP contribution in [0.2, 0.25) is 0 Å². The Morgan fingerprint density at radius 1 is 1.43 bits per heavy atom. The molecule has 0 aromatic carbocycles. The van der Waals surface area contributed by atoms with Gasteiger partial charge >= 0.3 is 5.97 Å². The molecular weight excluding hydrogens is 186 g/mol. The molecule has 80 valence electrons. The lowest BCUT2D eigenvalue weighted by atomic mass is 9.92. The van der Waals surface area contributed by atoms with E-state index in [1.54, 1.807) is 11.9 Å². The summed E-state index contributed by atoms with van der Waals surface area (Å²) in [5, 5.41) is 8.28. The predicted molar refractivity (Wildman–Crippen MR) is 48.9 cm³/mol. The van der Waals surface area contributed by atoms with Crippen LogP contribution >= 0.6 is 0 Å². The van der Waals surface area contributed by atoms with Gasteiger partial charge in [0.25, 0.3) is 0 Å². The third kappa shape index (κ3) is 2.99. The molecule has 1 rings (SSSR count). The molecule has 1 N–H and O–H groups in total. The van der Waals surface area contributed by atoms with Gasteiger partial charge in [-0.2, -0.15) is 0 Å². The van der Waals surface area contributed by atoms with Crippen molar-refractivity contribution in [3.63, 3.8) is 0 Å². The lowest BCUT2D eigenvalue weighted by molar-refractivity contribution is -0.146. The van der Waals surface area contributed by atoms with Gasteiger partial charge in [-0.15, -0.1) is 0 Å². The zero-order valence-electron chi connectivity index (χ0n) is 8.23. The van der Waals surface area contributed by atoms with Crippen LogP contribution in [0, 0.1) is 0 Å². The third-order valence-electron chi connectivity index (χ3n) is 2.47. The van der Waals surface area contributed by atoms with Gasteiger partial charge in [0, 0.05) is 13.1 Å². The van der Waals surface area contributed by atoms with E-state index in [1.165, 1.54) is 0 Å². The number of likely N-dealkylation sites (N-methyl/N-ethyl adjacent to an activating group) is 1. The Balaban J connectivity index is 2.16. The molecule has 1 aliphatic carbocycles. The molecule has 0 radical (unpaired) electrons. The first-order valence-electron chi connectivity index (χ1n) is 4.66. The van der Waals surface area contributed by atoms with Crippen molar-refractivity contribution < 1.29 is 19.4 Å². The SMILES string of the molecule is CN(C(=O)COCC(=O)O)C1CCC1. The number of hydrogen-bond donors (Lipinski definition) is 1. The number of carbonyl (C=O) groups excluding carboxylic acids is 1. The van der Waals surface area contributed by atoms with E-state index >= 15 is 0 Å². The molecule has 5 heteroatoms. The fourth-order valence-corrected chi connectivity index (χ4v) is 1.31. The minimum Gasteiger partial charge on any atom is -0.480 e. The normalized spacial score (nSPS) is 16.1. The monoisotopic (exact) mass is 201 g/mol.